The van der Waals surface area contributed by atoms with E-state index in [1.807, 2.05) is 0 Å². The van der Waals surface area contributed by atoms with Crippen molar-refractivity contribution in [2.45, 2.75) is 18.9 Å². The van der Waals surface area contributed by atoms with Crippen LogP contribution < -0.4 is 0 Å². The summed E-state index contributed by atoms with van der Waals surface area (Å²) in [5.74, 6) is 0. The average Bonchev–Trinajstić information content (AvgIpc) is 2.30. The van der Waals surface area contributed by atoms with Gasteiger partial charge >= 0.3 is 70.9 Å². The minimum atomic E-state index is 0.613. The van der Waals surface area contributed by atoms with E-state index in [9.17, 15) is 0 Å². The number of hydrogen-bond donors (Lipinski definition) is 0. The predicted molar refractivity (Wildman–Crippen MR) is 45.4 cm³/mol. The predicted octanol–water partition coefficient (Wildman–Crippen LogP) is -0.172. The summed E-state index contributed by atoms with van der Waals surface area (Å²) < 4.78 is 0. The second-order valence-electron chi connectivity index (χ2n) is 2.60. The summed E-state index contributed by atoms with van der Waals surface area (Å²) in [6.07, 6.45) is 0. The van der Waals surface area contributed by atoms with Crippen molar-refractivity contribution < 1.29 is 0 Å². The van der Waals surface area contributed by atoms with Crippen LogP contribution in [0.3, 0.4) is 0 Å². The fourth-order valence-electron chi connectivity index (χ4n) is 1.36. The van der Waals surface area contributed by atoms with Crippen LogP contribution in [0, 0.1) is 0 Å². The molecule has 0 radical (unpaired) electrons. The third kappa shape index (κ3) is 1.54. The van der Waals surface area contributed by atoms with Crippen LogP contribution in [0.1, 0.15) is 13.8 Å². The van der Waals surface area contributed by atoms with E-state index >= 15 is 0 Å². The molecule has 0 amide bonds. The first-order valence-electron chi connectivity index (χ1n) is 3.95. The monoisotopic (exact) mass is 208 g/mol. The van der Waals surface area contributed by atoms with E-state index in [0.29, 0.717) is 5.06 Å². The quantitative estimate of drug-likeness (QED) is 0.580. The van der Waals surface area contributed by atoms with E-state index in [1.165, 1.54) is 26.2 Å². The van der Waals surface area contributed by atoms with Crippen molar-refractivity contribution in [3.8, 4) is 0 Å². The molecule has 1 aliphatic rings. The number of likely N-dealkylation sites (N-methyl/N-ethyl adjacent to an activating group) is 2. The average molecular weight is 207 g/mol. The van der Waals surface area contributed by atoms with Crippen LogP contribution in [0.5, 0.6) is 0 Å². The zero-order chi connectivity index (χ0) is 7.56. The molecular weight excluding hydrogens is 191 g/mol. The third-order valence-corrected chi connectivity index (χ3v) is 3.51. The molecule has 0 aromatic rings. The zero-order valence-electron chi connectivity index (χ0n) is 6.75. The fraction of sp³-hybridized carbons (Fsp3) is 1.00. The molecule has 3 heteroatoms. The van der Waals surface area contributed by atoms with E-state index < -0.39 is 0 Å². The molecule has 0 saturated carbocycles. The van der Waals surface area contributed by atoms with Gasteiger partial charge in [0.25, 0.3) is 0 Å². The molecule has 60 valence electrons. The van der Waals surface area contributed by atoms with Gasteiger partial charge in [-0.1, -0.05) is 0 Å². The normalized spacial score (nSPS) is 24.3. The van der Waals surface area contributed by atoms with Crippen molar-refractivity contribution in [3.05, 3.63) is 0 Å². The second-order valence-corrected chi connectivity index (χ2v) is 3.57. The van der Waals surface area contributed by atoms with E-state index in [-0.39, 0.29) is 0 Å². The Labute approximate surface area is 71.4 Å². The Bertz CT molecular complexity index is 95.8. The summed E-state index contributed by atoms with van der Waals surface area (Å²) in [6.45, 7) is 9.28. The molecule has 0 aromatic heterocycles. The summed E-state index contributed by atoms with van der Waals surface area (Å²) in [6, 6.07) is 0. The molecule has 0 aromatic carbocycles. The number of rotatable bonds is 2. The topological polar surface area (TPSA) is 6.48 Å². The Morgan fingerprint density at radius 3 is 1.80 bits per heavy atom. The van der Waals surface area contributed by atoms with Crippen LogP contribution in [-0.4, -0.2) is 57.1 Å². The second kappa shape index (κ2) is 3.72. The van der Waals surface area contributed by atoms with Crippen molar-refractivity contribution in [2.24, 2.45) is 0 Å². The molecule has 0 N–H and O–H groups in total. The van der Waals surface area contributed by atoms with Gasteiger partial charge in [-0.05, 0) is 0 Å². The maximum absolute atomic E-state index is 2.74. The van der Waals surface area contributed by atoms with Gasteiger partial charge in [0.2, 0.25) is 0 Å². The molecule has 1 fully saturated rings. The number of nitrogens with zero attached hydrogens (tertiary/aromatic N) is 2. The van der Waals surface area contributed by atoms with Gasteiger partial charge < -0.3 is 0 Å². The Kier molecular flexibility index (Phi) is 3.18. The van der Waals surface area contributed by atoms with Crippen LogP contribution in [0.4, 0.5) is 0 Å². The first-order valence-corrected chi connectivity index (χ1v) is 5.04. The third-order valence-electron chi connectivity index (χ3n) is 2.14. The van der Waals surface area contributed by atoms with Crippen molar-refractivity contribution in [2.75, 3.05) is 26.2 Å². The first-order chi connectivity index (χ1) is 4.79. The van der Waals surface area contributed by atoms with Gasteiger partial charge in [-0.3, -0.25) is 0 Å². The molecule has 0 spiro atoms. The van der Waals surface area contributed by atoms with Gasteiger partial charge in [0, 0.05) is 0 Å². The Hall–Kier alpha value is 0.439. The van der Waals surface area contributed by atoms with Gasteiger partial charge in [0.05, 0.1) is 0 Å². The molecule has 1 rings (SSSR count). The molecular formula is C7H16N2Se. The zero-order valence-corrected chi connectivity index (χ0v) is 8.62. The SMILES string of the molecule is CCN1CCN(CC)C1[SeH]. The molecule has 10 heavy (non-hydrogen) atoms. The fourth-order valence-corrected chi connectivity index (χ4v) is 2.53. The standard InChI is InChI=1S/C7H16N2Se/c1-3-8-5-6-9(4-2)7(8)10/h7,10H,3-6H2,1-2H3. The summed E-state index contributed by atoms with van der Waals surface area (Å²) in [5.41, 5.74) is 0. The summed E-state index contributed by atoms with van der Waals surface area (Å²) in [4.78, 5) is 4.95. The van der Waals surface area contributed by atoms with Gasteiger partial charge in [0.15, 0.2) is 0 Å². The van der Waals surface area contributed by atoms with Crippen molar-refractivity contribution in [1.29, 1.82) is 0 Å². The first kappa shape index (κ1) is 8.54. The molecule has 1 saturated heterocycles. The molecule has 0 bridgehead atoms. The molecule has 1 aliphatic heterocycles. The van der Waals surface area contributed by atoms with Gasteiger partial charge in [-0.25, -0.2) is 0 Å². The Balaban J connectivity index is 2.41. The van der Waals surface area contributed by atoms with Gasteiger partial charge in [-0.15, -0.1) is 0 Å². The molecule has 0 aliphatic carbocycles. The Morgan fingerprint density at radius 2 is 1.60 bits per heavy atom. The minimum absolute atomic E-state index is 0.613. The molecule has 0 unspecified atom stereocenters. The summed E-state index contributed by atoms with van der Waals surface area (Å²) >= 11 is 2.74. The van der Waals surface area contributed by atoms with E-state index in [4.69, 9.17) is 0 Å². The maximum atomic E-state index is 2.74. The van der Waals surface area contributed by atoms with Crippen molar-refractivity contribution in [1.82, 2.24) is 9.80 Å². The van der Waals surface area contributed by atoms with Gasteiger partial charge in [0.1, 0.15) is 0 Å². The van der Waals surface area contributed by atoms with Crippen molar-refractivity contribution >= 4 is 16.0 Å². The molecule has 0 atom stereocenters. The van der Waals surface area contributed by atoms with Crippen LogP contribution in [0.25, 0.3) is 0 Å². The van der Waals surface area contributed by atoms with Crippen LogP contribution in [0.2, 0.25) is 0 Å². The van der Waals surface area contributed by atoms with Crippen LogP contribution in [0.15, 0.2) is 0 Å². The van der Waals surface area contributed by atoms with Gasteiger partial charge in [-0.2, -0.15) is 0 Å². The van der Waals surface area contributed by atoms with E-state index in [0.717, 1.165) is 0 Å². The summed E-state index contributed by atoms with van der Waals surface area (Å²) in [7, 11) is 0. The molecule has 2 nitrogen and oxygen atoms in total. The van der Waals surface area contributed by atoms with E-state index in [1.54, 1.807) is 0 Å². The van der Waals surface area contributed by atoms with Crippen molar-refractivity contribution in [3.63, 3.8) is 0 Å². The number of hydrogen-bond acceptors (Lipinski definition) is 2. The molecule has 1 heterocycles. The van der Waals surface area contributed by atoms with Crippen LogP contribution in [-0.2, 0) is 0 Å². The Morgan fingerprint density at radius 1 is 1.20 bits per heavy atom. The van der Waals surface area contributed by atoms with E-state index in [2.05, 4.69) is 39.7 Å². The summed E-state index contributed by atoms with van der Waals surface area (Å²) in [5, 5.41) is 0.613. The van der Waals surface area contributed by atoms with Crippen LogP contribution >= 0.6 is 0 Å².